The van der Waals surface area contributed by atoms with Gasteiger partial charge < -0.3 is 10.5 Å². The van der Waals surface area contributed by atoms with Gasteiger partial charge in [0.2, 0.25) is 0 Å². The number of nitrogens with one attached hydrogen (secondary N) is 1. The molecule has 2 rings (SSSR count). The maximum absolute atomic E-state index is 12.5. The number of rotatable bonds is 5. The van der Waals surface area contributed by atoms with Crippen molar-refractivity contribution in [1.82, 2.24) is 13.5 Å². The van der Waals surface area contributed by atoms with Gasteiger partial charge >= 0.3 is 0 Å². The minimum absolute atomic E-state index is 0.0850. The average molecular weight is 319 g/mol. The van der Waals surface area contributed by atoms with E-state index in [-0.39, 0.29) is 11.9 Å². The Bertz CT molecular complexity index is 456. The molecule has 9 heteroatoms. The minimum Gasteiger partial charge on any atom is -0.386 e. The van der Waals surface area contributed by atoms with Crippen LogP contribution in [0.5, 0.6) is 0 Å². The first kappa shape index (κ1) is 16.6. The third kappa shape index (κ3) is 3.72. The second kappa shape index (κ2) is 7.01. The molecule has 0 saturated carbocycles. The summed E-state index contributed by atoms with van der Waals surface area (Å²) in [5, 5.41) is 7.60. The van der Waals surface area contributed by atoms with Crippen LogP contribution in [0.2, 0.25) is 0 Å². The molecule has 0 amide bonds. The number of hydrogen-bond donors (Lipinski definition) is 2. The Hall–Kier alpha value is -0.740. The van der Waals surface area contributed by atoms with Gasteiger partial charge in [0.25, 0.3) is 10.2 Å². The molecule has 0 bridgehead atoms. The fourth-order valence-corrected chi connectivity index (χ4v) is 4.42. The lowest BCUT2D eigenvalue weighted by Gasteiger charge is -2.40. The molecule has 2 heterocycles. The number of morpholine rings is 1. The molecule has 3 N–H and O–H groups in total. The molecular formula is C12H25N5O3S. The fraction of sp³-hybridized carbons (Fsp3) is 0.917. The third-order valence-corrected chi connectivity index (χ3v) is 6.12. The van der Waals surface area contributed by atoms with E-state index in [0.29, 0.717) is 52.5 Å². The van der Waals surface area contributed by atoms with Crippen molar-refractivity contribution < 1.29 is 13.2 Å². The van der Waals surface area contributed by atoms with Crippen LogP contribution in [0, 0.1) is 5.41 Å². The van der Waals surface area contributed by atoms with Crippen LogP contribution in [0.25, 0.3) is 0 Å². The molecule has 0 aromatic heterocycles. The zero-order valence-corrected chi connectivity index (χ0v) is 13.3. The largest absolute Gasteiger partial charge is 0.386 e. The van der Waals surface area contributed by atoms with Gasteiger partial charge in [-0.3, -0.25) is 10.3 Å². The van der Waals surface area contributed by atoms with Crippen molar-refractivity contribution in [2.24, 2.45) is 5.73 Å². The van der Waals surface area contributed by atoms with Crippen LogP contribution >= 0.6 is 0 Å². The van der Waals surface area contributed by atoms with Crippen LogP contribution in [0.1, 0.15) is 13.3 Å². The first-order chi connectivity index (χ1) is 9.96. The summed E-state index contributed by atoms with van der Waals surface area (Å²) in [4.78, 5) is 2.09. The van der Waals surface area contributed by atoms with Gasteiger partial charge in [0.05, 0.1) is 19.3 Å². The smallest absolute Gasteiger partial charge is 0.282 e. The van der Waals surface area contributed by atoms with Crippen molar-refractivity contribution in [2.75, 3.05) is 52.5 Å². The van der Waals surface area contributed by atoms with E-state index >= 15 is 0 Å². The number of hydrogen-bond acceptors (Lipinski definition) is 5. The van der Waals surface area contributed by atoms with Crippen LogP contribution < -0.4 is 5.73 Å². The van der Waals surface area contributed by atoms with E-state index < -0.39 is 10.2 Å². The first-order valence-corrected chi connectivity index (χ1v) is 8.77. The topological polar surface area (TPSA) is 103 Å². The lowest BCUT2D eigenvalue weighted by molar-refractivity contribution is 0.0681. The van der Waals surface area contributed by atoms with Gasteiger partial charge in [0, 0.05) is 39.3 Å². The molecule has 0 radical (unpaired) electrons. The average Bonchev–Trinajstić information content (AvgIpc) is 2.49. The second-order valence-electron chi connectivity index (χ2n) is 5.33. The number of piperazine rings is 1. The van der Waals surface area contributed by atoms with E-state index in [1.54, 1.807) is 0 Å². The van der Waals surface area contributed by atoms with Crippen molar-refractivity contribution >= 4 is 16.0 Å². The molecule has 0 aliphatic carbocycles. The zero-order valence-electron chi connectivity index (χ0n) is 12.5. The summed E-state index contributed by atoms with van der Waals surface area (Å²) in [6.45, 7) is 5.88. The van der Waals surface area contributed by atoms with Crippen LogP contribution in [0.15, 0.2) is 0 Å². The quantitative estimate of drug-likeness (QED) is 0.494. The lowest BCUT2D eigenvalue weighted by atomic mass is 10.1. The molecule has 2 aliphatic rings. The zero-order chi connectivity index (χ0) is 15.5. The van der Waals surface area contributed by atoms with Gasteiger partial charge in [-0.25, -0.2) is 0 Å². The molecule has 21 heavy (non-hydrogen) atoms. The van der Waals surface area contributed by atoms with Gasteiger partial charge in [-0.15, -0.1) is 0 Å². The maximum atomic E-state index is 12.5. The number of ether oxygens (including phenoxy) is 1. The summed E-state index contributed by atoms with van der Waals surface area (Å²) in [6.07, 6.45) is 0.769. The lowest BCUT2D eigenvalue weighted by Crippen LogP contribution is -2.58. The van der Waals surface area contributed by atoms with Gasteiger partial charge in [-0.1, -0.05) is 6.92 Å². The molecule has 1 unspecified atom stereocenters. The SMILES string of the molecule is CCC(C(=N)N)N1CCN(S(=O)(=O)N2CCOCC2)CC1. The molecule has 2 fully saturated rings. The minimum atomic E-state index is -3.39. The van der Waals surface area contributed by atoms with Crippen molar-refractivity contribution in [3.8, 4) is 0 Å². The first-order valence-electron chi connectivity index (χ1n) is 7.37. The third-order valence-electron chi connectivity index (χ3n) is 4.08. The summed E-state index contributed by atoms with van der Waals surface area (Å²) < 4.78 is 33.3. The highest BCUT2D eigenvalue weighted by atomic mass is 32.2. The van der Waals surface area contributed by atoms with Crippen molar-refractivity contribution in [3.63, 3.8) is 0 Å². The molecule has 8 nitrogen and oxygen atoms in total. The Morgan fingerprint density at radius 1 is 1.14 bits per heavy atom. The summed E-state index contributed by atoms with van der Waals surface area (Å²) in [5.41, 5.74) is 5.60. The highest BCUT2D eigenvalue weighted by molar-refractivity contribution is 7.86. The Kier molecular flexibility index (Phi) is 5.55. The van der Waals surface area contributed by atoms with Crippen LogP contribution in [0.3, 0.4) is 0 Å². The number of amidine groups is 1. The molecule has 1 atom stereocenters. The van der Waals surface area contributed by atoms with Gasteiger partial charge in [0.1, 0.15) is 5.84 Å². The van der Waals surface area contributed by atoms with Crippen LogP contribution in [0.4, 0.5) is 0 Å². The van der Waals surface area contributed by atoms with Gasteiger partial charge in [0.15, 0.2) is 0 Å². The van der Waals surface area contributed by atoms with Gasteiger partial charge in [-0.05, 0) is 6.42 Å². The van der Waals surface area contributed by atoms with Crippen molar-refractivity contribution in [3.05, 3.63) is 0 Å². The number of nitrogens with two attached hydrogens (primary N) is 1. The van der Waals surface area contributed by atoms with E-state index in [2.05, 4.69) is 4.90 Å². The Morgan fingerprint density at radius 3 is 2.14 bits per heavy atom. The summed E-state index contributed by atoms with van der Waals surface area (Å²) >= 11 is 0. The number of nitrogens with zero attached hydrogens (tertiary/aromatic N) is 3. The molecule has 0 spiro atoms. The summed E-state index contributed by atoms with van der Waals surface area (Å²) in [6, 6.07) is -0.0850. The monoisotopic (exact) mass is 319 g/mol. The van der Waals surface area contributed by atoms with E-state index in [1.165, 1.54) is 8.61 Å². The Labute approximate surface area is 126 Å². The fourth-order valence-electron chi connectivity index (χ4n) is 2.86. The highest BCUT2D eigenvalue weighted by Crippen LogP contribution is 2.16. The normalized spacial score (nSPS) is 24.8. The highest BCUT2D eigenvalue weighted by Gasteiger charge is 2.34. The predicted molar refractivity (Wildman–Crippen MR) is 80.5 cm³/mol. The Morgan fingerprint density at radius 2 is 1.67 bits per heavy atom. The molecule has 2 aliphatic heterocycles. The molecule has 0 aromatic rings. The van der Waals surface area contributed by atoms with E-state index in [1.807, 2.05) is 6.92 Å². The summed E-state index contributed by atoms with van der Waals surface area (Å²) in [7, 11) is -3.39. The Balaban J connectivity index is 1.95. The van der Waals surface area contributed by atoms with E-state index in [9.17, 15) is 8.42 Å². The van der Waals surface area contributed by atoms with E-state index in [4.69, 9.17) is 15.9 Å². The summed E-state index contributed by atoms with van der Waals surface area (Å²) in [5.74, 6) is 0.155. The molecular weight excluding hydrogens is 294 g/mol. The van der Waals surface area contributed by atoms with Crippen LogP contribution in [-0.2, 0) is 14.9 Å². The van der Waals surface area contributed by atoms with Crippen molar-refractivity contribution in [2.45, 2.75) is 19.4 Å². The molecule has 122 valence electrons. The van der Waals surface area contributed by atoms with E-state index in [0.717, 1.165) is 6.42 Å². The maximum Gasteiger partial charge on any atom is 0.282 e. The standard InChI is InChI=1S/C12H25N5O3S/c1-2-11(12(13)14)15-3-5-16(6-4-15)21(18,19)17-7-9-20-10-8-17/h11H,2-10H2,1H3,(H3,13,14). The van der Waals surface area contributed by atoms with Crippen LogP contribution in [-0.4, -0.2) is 86.3 Å². The molecule has 0 aromatic carbocycles. The second-order valence-corrected chi connectivity index (χ2v) is 7.26. The molecule has 2 saturated heterocycles. The van der Waals surface area contributed by atoms with Gasteiger partial charge in [-0.2, -0.15) is 17.0 Å². The van der Waals surface area contributed by atoms with Crippen molar-refractivity contribution in [1.29, 1.82) is 5.41 Å². The predicted octanol–water partition coefficient (Wildman–Crippen LogP) is -1.10.